The van der Waals surface area contributed by atoms with Crippen molar-refractivity contribution in [3.63, 3.8) is 0 Å². The third kappa shape index (κ3) is 3.76. The molecule has 0 aromatic rings. The van der Waals surface area contributed by atoms with Crippen molar-refractivity contribution >= 4 is 0 Å². The van der Waals surface area contributed by atoms with Gasteiger partial charge in [-0.15, -0.1) is 0 Å². The van der Waals surface area contributed by atoms with Crippen molar-refractivity contribution in [2.75, 3.05) is 6.54 Å². The van der Waals surface area contributed by atoms with Crippen LogP contribution in [-0.4, -0.2) is 23.8 Å². The third-order valence-electron chi connectivity index (χ3n) is 4.11. The van der Waals surface area contributed by atoms with Crippen LogP contribution in [0, 0.1) is 11.3 Å². The topological polar surface area (TPSA) is 32.3 Å². The van der Waals surface area contributed by atoms with Crippen LogP contribution >= 0.6 is 0 Å². The molecule has 0 aliphatic heterocycles. The van der Waals surface area contributed by atoms with Crippen molar-refractivity contribution in [1.29, 1.82) is 0 Å². The highest BCUT2D eigenvalue weighted by Crippen LogP contribution is 2.26. The molecule has 0 radical (unpaired) electrons. The minimum atomic E-state index is -0.123. The van der Waals surface area contributed by atoms with Crippen LogP contribution in [0.5, 0.6) is 0 Å². The Morgan fingerprint density at radius 1 is 1.27 bits per heavy atom. The van der Waals surface area contributed by atoms with Gasteiger partial charge in [-0.1, -0.05) is 40.5 Å². The van der Waals surface area contributed by atoms with E-state index in [1.165, 1.54) is 12.8 Å². The van der Waals surface area contributed by atoms with Gasteiger partial charge in [-0.05, 0) is 24.2 Å². The monoisotopic (exact) mass is 213 g/mol. The summed E-state index contributed by atoms with van der Waals surface area (Å²) in [7, 11) is 0. The van der Waals surface area contributed by atoms with E-state index in [0.29, 0.717) is 17.4 Å². The zero-order valence-corrected chi connectivity index (χ0v) is 10.7. The summed E-state index contributed by atoms with van der Waals surface area (Å²) in [6.07, 6.45) is 4.43. The smallest absolute Gasteiger partial charge is 0.0693 e. The SMILES string of the molecule is CC(C)C(C)(C)CN[C@H]1CCCC[C@@H]1O. The van der Waals surface area contributed by atoms with E-state index in [1.807, 2.05) is 0 Å². The molecule has 2 atom stereocenters. The summed E-state index contributed by atoms with van der Waals surface area (Å²) in [4.78, 5) is 0. The molecule has 1 saturated carbocycles. The molecule has 0 heterocycles. The van der Waals surface area contributed by atoms with Crippen LogP contribution in [0.3, 0.4) is 0 Å². The standard InChI is InChI=1S/C13H27NO/c1-10(2)13(3,4)9-14-11-7-5-6-8-12(11)15/h10-12,14-15H,5-9H2,1-4H3/t11-,12-/m0/s1. The maximum atomic E-state index is 9.84. The molecule has 0 aromatic heterocycles. The Balaban J connectivity index is 2.35. The molecule has 0 aromatic carbocycles. The third-order valence-corrected chi connectivity index (χ3v) is 4.11. The molecule has 0 bridgehead atoms. The maximum absolute atomic E-state index is 9.84. The molecule has 15 heavy (non-hydrogen) atoms. The zero-order valence-electron chi connectivity index (χ0n) is 10.7. The predicted octanol–water partition coefficient (Wildman–Crippen LogP) is 2.56. The summed E-state index contributed by atoms with van der Waals surface area (Å²) in [5.41, 5.74) is 0.317. The molecular weight excluding hydrogens is 186 g/mol. The summed E-state index contributed by atoms with van der Waals surface area (Å²) in [6, 6.07) is 0.330. The predicted molar refractivity (Wildman–Crippen MR) is 64.9 cm³/mol. The van der Waals surface area contributed by atoms with E-state index in [4.69, 9.17) is 0 Å². The largest absolute Gasteiger partial charge is 0.392 e. The number of aliphatic hydroxyl groups is 1. The first-order valence-electron chi connectivity index (χ1n) is 6.35. The van der Waals surface area contributed by atoms with E-state index in [1.54, 1.807) is 0 Å². The second kappa shape index (κ2) is 5.31. The molecule has 1 aliphatic rings. The normalized spacial score (nSPS) is 28.4. The molecule has 1 aliphatic carbocycles. The molecule has 0 unspecified atom stereocenters. The number of hydrogen-bond donors (Lipinski definition) is 2. The van der Waals surface area contributed by atoms with Gasteiger partial charge in [0.25, 0.3) is 0 Å². The lowest BCUT2D eigenvalue weighted by atomic mass is 9.80. The van der Waals surface area contributed by atoms with Crippen LogP contribution < -0.4 is 5.32 Å². The van der Waals surface area contributed by atoms with Crippen LogP contribution in [0.4, 0.5) is 0 Å². The average Bonchev–Trinajstić information content (AvgIpc) is 2.16. The lowest BCUT2D eigenvalue weighted by molar-refractivity contribution is 0.0814. The fourth-order valence-electron chi connectivity index (χ4n) is 1.95. The van der Waals surface area contributed by atoms with E-state index in [-0.39, 0.29) is 6.10 Å². The van der Waals surface area contributed by atoms with Crippen molar-refractivity contribution in [3.05, 3.63) is 0 Å². The van der Waals surface area contributed by atoms with Crippen LogP contribution in [0.2, 0.25) is 0 Å². The van der Waals surface area contributed by atoms with Gasteiger partial charge in [-0.3, -0.25) is 0 Å². The minimum Gasteiger partial charge on any atom is -0.392 e. The zero-order chi connectivity index (χ0) is 11.5. The van der Waals surface area contributed by atoms with Crippen molar-refractivity contribution in [2.24, 2.45) is 11.3 Å². The molecule has 2 N–H and O–H groups in total. The molecule has 0 spiro atoms. The van der Waals surface area contributed by atoms with Gasteiger partial charge in [-0.2, -0.15) is 0 Å². The number of rotatable bonds is 4. The Hall–Kier alpha value is -0.0800. The Morgan fingerprint density at radius 2 is 1.87 bits per heavy atom. The van der Waals surface area contributed by atoms with E-state index in [9.17, 15) is 5.11 Å². The van der Waals surface area contributed by atoms with Gasteiger partial charge < -0.3 is 10.4 Å². The Bertz CT molecular complexity index is 189. The van der Waals surface area contributed by atoms with Gasteiger partial charge in [0.2, 0.25) is 0 Å². The summed E-state index contributed by atoms with van der Waals surface area (Å²) >= 11 is 0. The Labute approximate surface area is 94.5 Å². The van der Waals surface area contributed by atoms with Gasteiger partial charge >= 0.3 is 0 Å². The van der Waals surface area contributed by atoms with E-state index >= 15 is 0 Å². The van der Waals surface area contributed by atoms with Crippen LogP contribution in [0.1, 0.15) is 53.4 Å². The summed E-state index contributed by atoms with van der Waals surface area (Å²) < 4.78 is 0. The second-order valence-electron chi connectivity index (χ2n) is 5.98. The van der Waals surface area contributed by atoms with Crippen molar-refractivity contribution in [2.45, 2.75) is 65.5 Å². The van der Waals surface area contributed by atoms with Crippen LogP contribution in [-0.2, 0) is 0 Å². The average molecular weight is 213 g/mol. The maximum Gasteiger partial charge on any atom is 0.0693 e. The fraction of sp³-hybridized carbons (Fsp3) is 1.00. The first-order chi connectivity index (χ1) is 6.93. The van der Waals surface area contributed by atoms with Gasteiger partial charge in [0.1, 0.15) is 0 Å². The van der Waals surface area contributed by atoms with E-state index in [0.717, 1.165) is 19.4 Å². The quantitative estimate of drug-likeness (QED) is 0.752. The van der Waals surface area contributed by atoms with E-state index in [2.05, 4.69) is 33.0 Å². The second-order valence-corrected chi connectivity index (χ2v) is 5.98. The molecule has 90 valence electrons. The lowest BCUT2D eigenvalue weighted by Crippen LogP contribution is -2.46. The van der Waals surface area contributed by atoms with Crippen LogP contribution in [0.25, 0.3) is 0 Å². The Morgan fingerprint density at radius 3 is 2.40 bits per heavy atom. The number of aliphatic hydroxyl groups excluding tert-OH is 1. The summed E-state index contributed by atoms with van der Waals surface area (Å²) in [6.45, 7) is 10.1. The van der Waals surface area contributed by atoms with Crippen molar-refractivity contribution < 1.29 is 5.11 Å². The number of hydrogen-bond acceptors (Lipinski definition) is 2. The van der Waals surface area contributed by atoms with Crippen molar-refractivity contribution in [3.8, 4) is 0 Å². The molecule has 1 rings (SSSR count). The van der Waals surface area contributed by atoms with Crippen molar-refractivity contribution in [1.82, 2.24) is 5.32 Å². The van der Waals surface area contributed by atoms with Gasteiger partial charge in [-0.25, -0.2) is 0 Å². The van der Waals surface area contributed by atoms with Gasteiger partial charge in [0, 0.05) is 12.6 Å². The Kier molecular flexibility index (Phi) is 4.60. The molecule has 2 nitrogen and oxygen atoms in total. The first kappa shape index (κ1) is 13.0. The molecule has 0 amide bonds. The lowest BCUT2D eigenvalue weighted by Gasteiger charge is -2.35. The van der Waals surface area contributed by atoms with Gasteiger partial charge in [0.05, 0.1) is 6.10 Å². The minimum absolute atomic E-state index is 0.123. The van der Waals surface area contributed by atoms with Gasteiger partial charge in [0.15, 0.2) is 0 Å². The van der Waals surface area contributed by atoms with Crippen LogP contribution in [0.15, 0.2) is 0 Å². The molecule has 1 fully saturated rings. The highest BCUT2D eigenvalue weighted by Gasteiger charge is 2.27. The highest BCUT2D eigenvalue weighted by atomic mass is 16.3. The summed E-state index contributed by atoms with van der Waals surface area (Å²) in [5.74, 6) is 0.672. The van der Waals surface area contributed by atoms with E-state index < -0.39 is 0 Å². The fourth-order valence-corrected chi connectivity index (χ4v) is 1.95. The molecule has 0 saturated heterocycles. The summed E-state index contributed by atoms with van der Waals surface area (Å²) in [5, 5.41) is 13.4. The number of nitrogens with one attached hydrogen (secondary N) is 1. The molecule has 2 heteroatoms. The molecular formula is C13H27NO. The first-order valence-corrected chi connectivity index (χ1v) is 6.35. The highest BCUT2D eigenvalue weighted by molar-refractivity contribution is 4.84.